The van der Waals surface area contributed by atoms with Crippen LogP contribution >= 0.6 is 11.6 Å². The molecule has 4 nitrogen and oxygen atoms in total. The molecule has 1 aliphatic heterocycles. The van der Waals surface area contributed by atoms with Crippen LogP contribution in [0.4, 0.5) is 0 Å². The van der Waals surface area contributed by atoms with Crippen LogP contribution in [-0.4, -0.2) is 43.4 Å². The first-order valence-corrected chi connectivity index (χ1v) is 7.96. The van der Waals surface area contributed by atoms with Crippen LogP contribution in [0.3, 0.4) is 0 Å². The zero-order chi connectivity index (χ0) is 15.1. The molecule has 0 unspecified atom stereocenters. The van der Waals surface area contributed by atoms with Crippen molar-refractivity contribution < 1.29 is 14.6 Å². The third-order valence-corrected chi connectivity index (χ3v) is 3.79. The second kappa shape index (κ2) is 8.47. The molecule has 0 saturated carbocycles. The Balaban J connectivity index is 1.94. The van der Waals surface area contributed by atoms with Gasteiger partial charge in [0.2, 0.25) is 0 Å². The Morgan fingerprint density at radius 2 is 2.00 bits per heavy atom. The summed E-state index contributed by atoms with van der Waals surface area (Å²) in [5.41, 5.74) is 1.13. The molecule has 2 rings (SSSR count). The van der Waals surface area contributed by atoms with Gasteiger partial charge < -0.3 is 19.5 Å². The van der Waals surface area contributed by atoms with E-state index in [0.717, 1.165) is 50.1 Å². The van der Waals surface area contributed by atoms with Crippen molar-refractivity contribution >= 4 is 11.6 Å². The Kier molecular flexibility index (Phi) is 6.61. The van der Waals surface area contributed by atoms with Crippen molar-refractivity contribution in [1.82, 2.24) is 4.90 Å². The van der Waals surface area contributed by atoms with Crippen LogP contribution in [0.15, 0.2) is 12.1 Å². The second-order valence-electron chi connectivity index (χ2n) is 5.48. The van der Waals surface area contributed by atoms with Gasteiger partial charge in [-0.2, -0.15) is 0 Å². The maximum atomic E-state index is 8.78. The molecule has 0 radical (unpaired) electrons. The van der Waals surface area contributed by atoms with E-state index in [2.05, 4.69) is 11.9 Å². The molecule has 21 heavy (non-hydrogen) atoms. The monoisotopic (exact) mass is 313 g/mol. The van der Waals surface area contributed by atoms with Crippen molar-refractivity contribution in [3.8, 4) is 11.5 Å². The number of fused-ring (bicyclic) bond motifs is 1. The highest BCUT2D eigenvalue weighted by Crippen LogP contribution is 2.38. The van der Waals surface area contributed by atoms with Gasteiger partial charge in [-0.25, -0.2) is 0 Å². The molecule has 0 aliphatic carbocycles. The summed E-state index contributed by atoms with van der Waals surface area (Å²) in [6.45, 7) is 3.43. The number of benzene rings is 1. The summed E-state index contributed by atoms with van der Waals surface area (Å²) in [6.07, 6.45) is 3.91. The molecule has 0 spiro atoms. The summed E-state index contributed by atoms with van der Waals surface area (Å²) in [6, 6.07) is 3.98. The third-order valence-electron chi connectivity index (χ3n) is 3.51. The fourth-order valence-corrected chi connectivity index (χ4v) is 2.72. The number of nitrogens with zero attached hydrogens (tertiary/aromatic N) is 1. The minimum atomic E-state index is 0.279. The van der Waals surface area contributed by atoms with Crippen LogP contribution in [-0.2, 0) is 6.54 Å². The van der Waals surface area contributed by atoms with Gasteiger partial charge in [-0.15, -0.1) is 0 Å². The van der Waals surface area contributed by atoms with Crippen LogP contribution < -0.4 is 9.47 Å². The normalized spacial score (nSPS) is 14.3. The molecule has 1 aromatic carbocycles. The molecule has 0 amide bonds. The molecule has 0 aromatic heterocycles. The highest BCUT2D eigenvalue weighted by atomic mass is 35.5. The Morgan fingerprint density at radius 3 is 2.81 bits per heavy atom. The lowest BCUT2D eigenvalue weighted by molar-refractivity contribution is 0.271. The topological polar surface area (TPSA) is 41.9 Å². The Labute approximate surface area is 131 Å². The second-order valence-corrected chi connectivity index (χ2v) is 5.88. The van der Waals surface area contributed by atoms with Crippen LogP contribution in [0.25, 0.3) is 0 Å². The van der Waals surface area contributed by atoms with Gasteiger partial charge in [0, 0.05) is 19.6 Å². The Bertz CT molecular complexity index is 453. The number of aliphatic hydroxyl groups excluding tert-OH is 1. The average molecular weight is 314 g/mol. The molecular weight excluding hydrogens is 290 g/mol. The first-order chi connectivity index (χ1) is 10.2. The van der Waals surface area contributed by atoms with E-state index < -0.39 is 0 Å². The molecule has 0 fully saturated rings. The maximum absolute atomic E-state index is 8.78. The van der Waals surface area contributed by atoms with Gasteiger partial charge in [0.25, 0.3) is 0 Å². The first kappa shape index (κ1) is 16.4. The summed E-state index contributed by atoms with van der Waals surface area (Å²) in [7, 11) is 2.09. The molecule has 5 heteroatoms. The summed E-state index contributed by atoms with van der Waals surface area (Å²) >= 11 is 6.30. The van der Waals surface area contributed by atoms with Crippen LogP contribution in [0, 0.1) is 0 Å². The molecule has 118 valence electrons. The van der Waals surface area contributed by atoms with E-state index in [1.807, 2.05) is 12.1 Å². The van der Waals surface area contributed by atoms with Gasteiger partial charge in [0.1, 0.15) is 0 Å². The van der Waals surface area contributed by atoms with Gasteiger partial charge in [-0.1, -0.05) is 11.6 Å². The number of aliphatic hydroxyl groups is 1. The molecule has 1 N–H and O–H groups in total. The van der Waals surface area contributed by atoms with Crippen molar-refractivity contribution in [1.29, 1.82) is 0 Å². The van der Waals surface area contributed by atoms with Crippen molar-refractivity contribution in [2.45, 2.75) is 32.2 Å². The number of ether oxygens (including phenoxy) is 2. The van der Waals surface area contributed by atoms with E-state index >= 15 is 0 Å². The first-order valence-electron chi connectivity index (χ1n) is 7.58. The number of unbranched alkanes of at least 4 members (excludes halogenated alkanes) is 2. The predicted octanol–water partition coefficient (Wildman–Crippen LogP) is 3.10. The predicted molar refractivity (Wildman–Crippen MR) is 84.3 cm³/mol. The summed E-state index contributed by atoms with van der Waals surface area (Å²) in [5.74, 6) is 1.42. The highest BCUT2D eigenvalue weighted by Gasteiger charge is 2.16. The lowest BCUT2D eigenvalue weighted by atomic mass is 10.1. The van der Waals surface area contributed by atoms with E-state index in [9.17, 15) is 0 Å². The SMILES string of the molecule is CN(CCCCCO)Cc1cc(Cl)c2c(c1)OCCCO2. The minimum absolute atomic E-state index is 0.279. The molecule has 1 aliphatic rings. The lowest BCUT2D eigenvalue weighted by Crippen LogP contribution is -2.19. The van der Waals surface area contributed by atoms with Gasteiger partial charge in [-0.05, 0) is 50.6 Å². The lowest BCUT2D eigenvalue weighted by Gasteiger charge is -2.18. The van der Waals surface area contributed by atoms with E-state index in [1.165, 1.54) is 0 Å². The third kappa shape index (κ3) is 5.06. The Morgan fingerprint density at radius 1 is 1.19 bits per heavy atom. The molecule has 0 saturated heterocycles. The molecule has 1 aromatic rings. The molecule has 0 bridgehead atoms. The fourth-order valence-electron chi connectivity index (χ4n) is 2.44. The van der Waals surface area contributed by atoms with E-state index in [0.29, 0.717) is 24.0 Å². The van der Waals surface area contributed by atoms with Crippen LogP contribution in [0.5, 0.6) is 11.5 Å². The smallest absolute Gasteiger partial charge is 0.179 e. The summed E-state index contributed by atoms with van der Waals surface area (Å²) in [4.78, 5) is 2.26. The highest BCUT2D eigenvalue weighted by molar-refractivity contribution is 6.32. The van der Waals surface area contributed by atoms with Crippen LogP contribution in [0.2, 0.25) is 5.02 Å². The van der Waals surface area contributed by atoms with E-state index in [-0.39, 0.29) is 6.61 Å². The zero-order valence-corrected chi connectivity index (χ0v) is 13.4. The molecule has 1 heterocycles. The maximum Gasteiger partial charge on any atom is 0.179 e. The number of hydrogen-bond donors (Lipinski definition) is 1. The van der Waals surface area contributed by atoms with E-state index in [4.69, 9.17) is 26.2 Å². The number of halogens is 1. The molecular formula is C16H24ClNO3. The van der Waals surface area contributed by atoms with Crippen molar-refractivity contribution in [2.24, 2.45) is 0 Å². The number of rotatable bonds is 7. The minimum Gasteiger partial charge on any atom is -0.489 e. The molecule has 0 atom stereocenters. The van der Waals surface area contributed by atoms with Gasteiger partial charge in [0.15, 0.2) is 11.5 Å². The fraction of sp³-hybridized carbons (Fsp3) is 0.625. The van der Waals surface area contributed by atoms with Crippen molar-refractivity contribution in [3.63, 3.8) is 0 Å². The van der Waals surface area contributed by atoms with Gasteiger partial charge >= 0.3 is 0 Å². The van der Waals surface area contributed by atoms with Crippen molar-refractivity contribution in [3.05, 3.63) is 22.7 Å². The zero-order valence-electron chi connectivity index (χ0n) is 12.6. The van der Waals surface area contributed by atoms with Crippen molar-refractivity contribution in [2.75, 3.05) is 33.4 Å². The van der Waals surface area contributed by atoms with Gasteiger partial charge in [-0.3, -0.25) is 0 Å². The Hall–Kier alpha value is -0.970. The quantitative estimate of drug-likeness (QED) is 0.785. The number of hydrogen-bond acceptors (Lipinski definition) is 4. The summed E-state index contributed by atoms with van der Waals surface area (Å²) in [5, 5.41) is 9.40. The van der Waals surface area contributed by atoms with Gasteiger partial charge in [0.05, 0.1) is 18.2 Å². The largest absolute Gasteiger partial charge is 0.489 e. The summed E-state index contributed by atoms with van der Waals surface area (Å²) < 4.78 is 11.3. The van der Waals surface area contributed by atoms with Crippen LogP contribution in [0.1, 0.15) is 31.2 Å². The average Bonchev–Trinajstić information content (AvgIpc) is 2.69. The van der Waals surface area contributed by atoms with E-state index in [1.54, 1.807) is 0 Å². The standard InChI is InChI=1S/C16H24ClNO3/c1-18(6-3-2-4-7-19)12-13-10-14(17)16-15(11-13)20-8-5-9-21-16/h10-11,19H,2-9,12H2,1H3.